The van der Waals surface area contributed by atoms with Crippen LogP contribution in [0.1, 0.15) is 12.7 Å². The van der Waals surface area contributed by atoms with Crippen molar-refractivity contribution in [2.45, 2.75) is 18.3 Å². The Labute approximate surface area is 87.1 Å². The van der Waals surface area contributed by atoms with Gasteiger partial charge in [0.2, 0.25) is 0 Å². The maximum absolute atomic E-state index is 4.16. The van der Waals surface area contributed by atoms with Gasteiger partial charge < -0.3 is 0 Å². The van der Waals surface area contributed by atoms with Crippen LogP contribution in [0, 0.1) is 0 Å². The van der Waals surface area contributed by atoms with Crippen LogP contribution in [0.5, 0.6) is 0 Å². The minimum absolute atomic E-state index is 0.505. The van der Waals surface area contributed by atoms with E-state index in [9.17, 15) is 0 Å². The molecule has 0 radical (unpaired) electrons. The minimum atomic E-state index is 0.505. The quantitative estimate of drug-likeness (QED) is 0.745. The van der Waals surface area contributed by atoms with Crippen LogP contribution in [-0.4, -0.2) is 38.1 Å². The summed E-state index contributed by atoms with van der Waals surface area (Å²) in [6.07, 6.45) is 1.58. The van der Waals surface area contributed by atoms with Crippen LogP contribution in [0.2, 0.25) is 0 Å². The minimum Gasteiger partial charge on any atom is -0.298 e. The van der Waals surface area contributed by atoms with Crippen LogP contribution in [0.25, 0.3) is 0 Å². The summed E-state index contributed by atoms with van der Waals surface area (Å²) >= 11 is 3.51. The summed E-state index contributed by atoms with van der Waals surface area (Å²) in [6, 6.07) is 0. The molecule has 0 N–H and O–H groups in total. The molecule has 0 bridgehead atoms. The number of hydrogen-bond acceptors (Lipinski definition) is 3. The largest absolute Gasteiger partial charge is 0.298 e. The predicted molar refractivity (Wildman–Crippen MR) is 55.7 cm³/mol. The smallest absolute Gasteiger partial charge is 0.140 e. The van der Waals surface area contributed by atoms with Crippen molar-refractivity contribution in [1.82, 2.24) is 19.7 Å². The molecule has 0 fully saturated rings. The molecule has 0 amide bonds. The third-order valence-electron chi connectivity index (χ3n) is 1.78. The second kappa shape index (κ2) is 4.72. The topological polar surface area (TPSA) is 34.0 Å². The molecule has 0 spiro atoms. The molecule has 74 valence electrons. The molecule has 1 unspecified atom stereocenters. The van der Waals surface area contributed by atoms with E-state index in [1.165, 1.54) is 0 Å². The van der Waals surface area contributed by atoms with Gasteiger partial charge in [-0.15, -0.1) is 0 Å². The first-order valence-corrected chi connectivity index (χ1v) is 5.16. The standard InChI is InChI=1S/C8H15BrN4/c1-7(9)4-12(2)5-8-10-6-11-13(8)3/h6-7H,4-5H2,1-3H3. The number of aromatic nitrogens is 3. The Balaban J connectivity index is 2.45. The van der Waals surface area contributed by atoms with E-state index < -0.39 is 0 Å². The van der Waals surface area contributed by atoms with Crippen LogP contribution in [0.4, 0.5) is 0 Å². The second-order valence-corrected chi connectivity index (χ2v) is 4.84. The highest BCUT2D eigenvalue weighted by Gasteiger charge is 2.06. The van der Waals surface area contributed by atoms with Crippen molar-refractivity contribution in [1.29, 1.82) is 0 Å². The van der Waals surface area contributed by atoms with Crippen molar-refractivity contribution in [2.24, 2.45) is 7.05 Å². The third kappa shape index (κ3) is 3.44. The summed E-state index contributed by atoms with van der Waals surface area (Å²) in [5.74, 6) is 0.996. The maximum Gasteiger partial charge on any atom is 0.140 e. The number of alkyl halides is 1. The summed E-state index contributed by atoms with van der Waals surface area (Å²) in [5, 5.41) is 4.02. The van der Waals surface area contributed by atoms with Crippen molar-refractivity contribution in [3.8, 4) is 0 Å². The van der Waals surface area contributed by atoms with E-state index in [4.69, 9.17) is 0 Å². The zero-order valence-corrected chi connectivity index (χ0v) is 9.82. The Morgan fingerprint density at radius 1 is 1.69 bits per heavy atom. The van der Waals surface area contributed by atoms with Gasteiger partial charge >= 0.3 is 0 Å². The average molecular weight is 247 g/mol. The van der Waals surface area contributed by atoms with Gasteiger partial charge in [0.25, 0.3) is 0 Å². The lowest BCUT2D eigenvalue weighted by Gasteiger charge is -2.16. The summed E-state index contributed by atoms with van der Waals surface area (Å²) in [7, 11) is 3.99. The Kier molecular flexibility index (Phi) is 3.87. The zero-order valence-electron chi connectivity index (χ0n) is 8.24. The Hall–Kier alpha value is -0.420. The summed E-state index contributed by atoms with van der Waals surface area (Å²) in [6.45, 7) is 3.98. The van der Waals surface area contributed by atoms with Crippen LogP contribution in [-0.2, 0) is 13.6 Å². The number of nitrogens with zero attached hydrogens (tertiary/aromatic N) is 4. The highest BCUT2D eigenvalue weighted by atomic mass is 79.9. The lowest BCUT2D eigenvalue weighted by Crippen LogP contribution is -2.25. The molecule has 1 heterocycles. The third-order valence-corrected chi connectivity index (χ3v) is 2.07. The summed E-state index contributed by atoms with van der Waals surface area (Å²) in [4.78, 5) is 6.87. The van der Waals surface area contributed by atoms with E-state index in [0.717, 1.165) is 18.9 Å². The normalized spacial score (nSPS) is 13.6. The molecule has 4 nitrogen and oxygen atoms in total. The van der Waals surface area contributed by atoms with Crippen LogP contribution >= 0.6 is 15.9 Å². The highest BCUT2D eigenvalue weighted by molar-refractivity contribution is 9.09. The molecule has 0 saturated heterocycles. The van der Waals surface area contributed by atoms with Gasteiger partial charge in [0.15, 0.2) is 0 Å². The number of aryl methyl sites for hydroxylation is 1. The molecule has 0 aliphatic rings. The lowest BCUT2D eigenvalue weighted by molar-refractivity contribution is 0.318. The molecular formula is C8H15BrN4. The van der Waals surface area contributed by atoms with Gasteiger partial charge in [-0.2, -0.15) is 5.10 Å². The average Bonchev–Trinajstić information content (AvgIpc) is 2.34. The molecule has 0 aliphatic heterocycles. The molecule has 1 aromatic heterocycles. The van der Waals surface area contributed by atoms with Gasteiger partial charge in [-0.3, -0.25) is 9.58 Å². The van der Waals surface area contributed by atoms with Gasteiger partial charge in [0.05, 0.1) is 6.54 Å². The van der Waals surface area contributed by atoms with Gasteiger partial charge in [-0.1, -0.05) is 22.9 Å². The van der Waals surface area contributed by atoms with Crippen molar-refractivity contribution in [2.75, 3.05) is 13.6 Å². The number of halogens is 1. The Bertz CT molecular complexity index is 258. The summed E-state index contributed by atoms with van der Waals surface area (Å²) in [5.41, 5.74) is 0. The summed E-state index contributed by atoms with van der Waals surface area (Å²) < 4.78 is 1.80. The number of rotatable bonds is 4. The molecule has 1 aromatic rings. The van der Waals surface area contributed by atoms with Crippen molar-refractivity contribution < 1.29 is 0 Å². The van der Waals surface area contributed by atoms with Crippen LogP contribution in [0.3, 0.4) is 0 Å². The van der Waals surface area contributed by atoms with E-state index >= 15 is 0 Å². The Morgan fingerprint density at radius 3 is 2.85 bits per heavy atom. The van der Waals surface area contributed by atoms with Crippen molar-refractivity contribution in [3.63, 3.8) is 0 Å². The zero-order chi connectivity index (χ0) is 9.84. The van der Waals surface area contributed by atoms with E-state index in [0.29, 0.717) is 4.83 Å². The van der Waals surface area contributed by atoms with Crippen molar-refractivity contribution >= 4 is 15.9 Å². The fraction of sp³-hybridized carbons (Fsp3) is 0.750. The first-order valence-electron chi connectivity index (χ1n) is 4.25. The first-order chi connectivity index (χ1) is 6.09. The van der Waals surface area contributed by atoms with E-state index in [2.05, 4.69) is 44.9 Å². The molecule has 13 heavy (non-hydrogen) atoms. The van der Waals surface area contributed by atoms with E-state index in [-0.39, 0.29) is 0 Å². The fourth-order valence-corrected chi connectivity index (χ4v) is 1.69. The number of hydrogen-bond donors (Lipinski definition) is 0. The van der Waals surface area contributed by atoms with Gasteiger partial charge in [0.1, 0.15) is 12.2 Å². The predicted octanol–water partition coefficient (Wildman–Crippen LogP) is 1.03. The molecular weight excluding hydrogens is 232 g/mol. The van der Waals surface area contributed by atoms with E-state index in [1.54, 1.807) is 11.0 Å². The van der Waals surface area contributed by atoms with Crippen LogP contribution < -0.4 is 0 Å². The van der Waals surface area contributed by atoms with Gasteiger partial charge in [-0.05, 0) is 7.05 Å². The van der Waals surface area contributed by atoms with Crippen molar-refractivity contribution in [3.05, 3.63) is 12.2 Å². The van der Waals surface area contributed by atoms with E-state index in [1.807, 2.05) is 7.05 Å². The molecule has 0 aliphatic carbocycles. The highest BCUT2D eigenvalue weighted by Crippen LogP contribution is 2.03. The fourth-order valence-electron chi connectivity index (χ4n) is 1.20. The molecule has 1 rings (SSSR count). The lowest BCUT2D eigenvalue weighted by atomic mass is 10.4. The molecule has 0 aromatic carbocycles. The second-order valence-electron chi connectivity index (χ2n) is 3.28. The van der Waals surface area contributed by atoms with Gasteiger partial charge in [0, 0.05) is 18.4 Å². The Morgan fingerprint density at radius 2 is 2.38 bits per heavy atom. The molecule has 5 heteroatoms. The maximum atomic E-state index is 4.16. The van der Waals surface area contributed by atoms with Crippen LogP contribution in [0.15, 0.2) is 6.33 Å². The molecule has 1 atom stereocenters. The monoisotopic (exact) mass is 246 g/mol. The first kappa shape index (κ1) is 10.7. The molecule has 0 saturated carbocycles. The van der Waals surface area contributed by atoms with Gasteiger partial charge in [-0.25, -0.2) is 4.98 Å². The SMILES string of the molecule is CC(Br)CN(C)Cc1ncnn1C.